The number of esters is 1. The van der Waals surface area contributed by atoms with Crippen molar-refractivity contribution in [3.8, 4) is 16.9 Å². The lowest BCUT2D eigenvalue weighted by molar-refractivity contribution is -0.124. The number of carbonyl (C=O) groups is 2. The zero-order chi connectivity index (χ0) is 19.1. The van der Waals surface area contributed by atoms with Gasteiger partial charge < -0.3 is 19.2 Å². The normalized spacial score (nSPS) is 10.3. The van der Waals surface area contributed by atoms with Gasteiger partial charge in [0.2, 0.25) is 5.76 Å². The summed E-state index contributed by atoms with van der Waals surface area (Å²) in [7, 11) is 1.58. The number of ether oxygens (including phenoxy) is 2. The van der Waals surface area contributed by atoms with Gasteiger partial charge in [0, 0.05) is 12.1 Å². The molecule has 0 spiro atoms. The van der Waals surface area contributed by atoms with Crippen molar-refractivity contribution >= 4 is 11.9 Å². The number of benzene rings is 2. The summed E-state index contributed by atoms with van der Waals surface area (Å²) in [6.45, 7) is -0.0820. The fraction of sp³-hybridized carbons (Fsp3) is 0.143. The van der Waals surface area contributed by atoms with E-state index < -0.39 is 18.5 Å². The molecule has 3 rings (SSSR count). The average molecular weight is 365 g/mol. The molecule has 0 unspecified atom stereocenters. The summed E-state index contributed by atoms with van der Waals surface area (Å²) in [6, 6.07) is 18.4. The van der Waals surface area contributed by atoms with Crippen LogP contribution >= 0.6 is 0 Å². The number of rotatable bonds is 7. The van der Waals surface area contributed by atoms with Crippen LogP contribution in [0.5, 0.6) is 5.75 Å². The second kappa shape index (κ2) is 8.71. The summed E-state index contributed by atoms with van der Waals surface area (Å²) in [4.78, 5) is 24.2. The summed E-state index contributed by atoms with van der Waals surface area (Å²) in [5, 5.41) is 2.69. The Balaban J connectivity index is 1.53. The minimum atomic E-state index is -0.685. The van der Waals surface area contributed by atoms with Crippen molar-refractivity contribution in [1.29, 1.82) is 0 Å². The highest BCUT2D eigenvalue weighted by molar-refractivity contribution is 5.95. The molecule has 1 N–H and O–H groups in total. The van der Waals surface area contributed by atoms with Gasteiger partial charge in [-0.25, -0.2) is 4.79 Å². The summed E-state index contributed by atoms with van der Waals surface area (Å²) in [5.74, 6) is -0.310. The fourth-order valence-corrected chi connectivity index (χ4v) is 2.54. The van der Waals surface area contributed by atoms with Gasteiger partial charge in [-0.3, -0.25) is 4.79 Å². The monoisotopic (exact) mass is 365 g/mol. The van der Waals surface area contributed by atoms with Crippen molar-refractivity contribution in [2.75, 3.05) is 13.7 Å². The molecule has 138 valence electrons. The van der Waals surface area contributed by atoms with E-state index >= 15 is 0 Å². The van der Waals surface area contributed by atoms with Gasteiger partial charge in [0.15, 0.2) is 6.61 Å². The Kier molecular flexibility index (Phi) is 5.89. The van der Waals surface area contributed by atoms with Crippen LogP contribution in [0.4, 0.5) is 0 Å². The molecular weight excluding hydrogens is 346 g/mol. The topological polar surface area (TPSA) is 77.8 Å². The first-order valence-corrected chi connectivity index (χ1v) is 8.37. The third-order valence-electron chi connectivity index (χ3n) is 3.89. The van der Waals surface area contributed by atoms with Crippen LogP contribution in [0.3, 0.4) is 0 Å². The van der Waals surface area contributed by atoms with E-state index in [4.69, 9.17) is 13.9 Å². The molecule has 0 aliphatic heterocycles. The van der Waals surface area contributed by atoms with Gasteiger partial charge in [0.05, 0.1) is 13.4 Å². The molecule has 6 heteroatoms. The maximum atomic E-state index is 12.2. The van der Waals surface area contributed by atoms with E-state index in [0.717, 1.165) is 11.1 Å². The van der Waals surface area contributed by atoms with Crippen molar-refractivity contribution < 1.29 is 23.5 Å². The van der Waals surface area contributed by atoms with Crippen molar-refractivity contribution in [3.63, 3.8) is 0 Å². The lowest BCUT2D eigenvalue weighted by Gasteiger charge is -2.08. The summed E-state index contributed by atoms with van der Waals surface area (Å²) >= 11 is 0. The SMILES string of the molecule is COc1cccc(CNC(=O)COC(=O)c2occc2-c2ccccc2)c1. The number of nitrogens with one attached hydrogen (secondary N) is 1. The van der Waals surface area contributed by atoms with Gasteiger partial charge in [-0.1, -0.05) is 42.5 Å². The van der Waals surface area contributed by atoms with Crippen LogP contribution in [0.25, 0.3) is 11.1 Å². The van der Waals surface area contributed by atoms with Gasteiger partial charge >= 0.3 is 5.97 Å². The zero-order valence-electron chi connectivity index (χ0n) is 14.8. The molecule has 0 aliphatic rings. The number of furan rings is 1. The molecule has 2 aromatic carbocycles. The minimum absolute atomic E-state index is 0.0711. The van der Waals surface area contributed by atoms with Crippen molar-refractivity contribution in [2.45, 2.75) is 6.54 Å². The van der Waals surface area contributed by atoms with Crippen molar-refractivity contribution in [3.05, 3.63) is 78.3 Å². The molecule has 0 radical (unpaired) electrons. The summed E-state index contributed by atoms with van der Waals surface area (Å²) < 4.78 is 15.5. The summed E-state index contributed by atoms with van der Waals surface area (Å²) in [5.41, 5.74) is 2.34. The average Bonchev–Trinajstić information content (AvgIpc) is 3.21. The Morgan fingerprint density at radius 3 is 2.63 bits per heavy atom. The smallest absolute Gasteiger partial charge is 0.375 e. The number of carbonyl (C=O) groups excluding carboxylic acids is 2. The number of hydrogen-bond acceptors (Lipinski definition) is 5. The van der Waals surface area contributed by atoms with Crippen LogP contribution in [-0.2, 0) is 16.1 Å². The molecule has 0 atom stereocenters. The van der Waals surface area contributed by atoms with E-state index in [1.54, 1.807) is 13.2 Å². The highest BCUT2D eigenvalue weighted by atomic mass is 16.5. The van der Waals surface area contributed by atoms with E-state index in [1.807, 2.05) is 54.6 Å². The first-order chi connectivity index (χ1) is 13.2. The van der Waals surface area contributed by atoms with E-state index in [0.29, 0.717) is 17.9 Å². The van der Waals surface area contributed by atoms with Crippen LogP contribution < -0.4 is 10.1 Å². The van der Waals surface area contributed by atoms with Gasteiger partial charge in [-0.2, -0.15) is 0 Å². The number of methoxy groups -OCH3 is 1. The number of amides is 1. The Hall–Kier alpha value is -3.54. The predicted molar refractivity (Wildman–Crippen MR) is 99.3 cm³/mol. The second-order valence-electron chi connectivity index (χ2n) is 5.73. The minimum Gasteiger partial charge on any atom is -0.497 e. The van der Waals surface area contributed by atoms with E-state index in [9.17, 15) is 9.59 Å². The van der Waals surface area contributed by atoms with E-state index in [-0.39, 0.29) is 5.76 Å². The largest absolute Gasteiger partial charge is 0.497 e. The molecule has 0 saturated heterocycles. The van der Waals surface area contributed by atoms with Gasteiger partial charge in [0.25, 0.3) is 5.91 Å². The van der Waals surface area contributed by atoms with Crippen LogP contribution in [0.2, 0.25) is 0 Å². The van der Waals surface area contributed by atoms with Gasteiger partial charge in [-0.05, 0) is 29.3 Å². The van der Waals surface area contributed by atoms with Crippen molar-refractivity contribution in [1.82, 2.24) is 5.32 Å². The molecule has 1 heterocycles. The van der Waals surface area contributed by atoms with Crippen LogP contribution in [0, 0.1) is 0 Å². The fourth-order valence-electron chi connectivity index (χ4n) is 2.54. The Morgan fingerprint density at radius 1 is 1.04 bits per heavy atom. The quantitative estimate of drug-likeness (QED) is 0.649. The predicted octanol–water partition coefficient (Wildman–Crippen LogP) is 3.43. The molecule has 0 aliphatic carbocycles. The Morgan fingerprint density at radius 2 is 1.85 bits per heavy atom. The first kappa shape index (κ1) is 18.3. The molecule has 0 bridgehead atoms. The molecule has 1 aromatic heterocycles. The van der Waals surface area contributed by atoms with E-state index in [1.165, 1.54) is 6.26 Å². The van der Waals surface area contributed by atoms with Crippen molar-refractivity contribution in [2.24, 2.45) is 0 Å². The van der Waals surface area contributed by atoms with E-state index in [2.05, 4.69) is 5.32 Å². The Bertz CT molecular complexity index is 917. The number of hydrogen-bond donors (Lipinski definition) is 1. The van der Waals surface area contributed by atoms with Crippen LogP contribution in [0.15, 0.2) is 71.3 Å². The highest BCUT2D eigenvalue weighted by Gasteiger charge is 2.19. The molecule has 0 saturated carbocycles. The molecule has 6 nitrogen and oxygen atoms in total. The molecule has 3 aromatic rings. The molecule has 0 fully saturated rings. The van der Waals surface area contributed by atoms with Gasteiger partial charge in [-0.15, -0.1) is 0 Å². The second-order valence-corrected chi connectivity index (χ2v) is 5.73. The lowest BCUT2D eigenvalue weighted by Crippen LogP contribution is -2.28. The highest BCUT2D eigenvalue weighted by Crippen LogP contribution is 2.25. The zero-order valence-corrected chi connectivity index (χ0v) is 14.8. The first-order valence-electron chi connectivity index (χ1n) is 8.37. The molecular formula is C21H19NO5. The Labute approximate surface area is 156 Å². The standard InChI is InChI=1S/C21H19NO5/c1-25-17-9-5-6-15(12-17)13-22-19(23)14-27-21(24)20-18(10-11-26-20)16-7-3-2-4-8-16/h2-12H,13-14H2,1H3,(H,22,23). The third kappa shape index (κ3) is 4.76. The van der Waals surface area contributed by atoms with Gasteiger partial charge in [0.1, 0.15) is 5.75 Å². The van der Waals surface area contributed by atoms with Crippen LogP contribution in [-0.4, -0.2) is 25.6 Å². The maximum Gasteiger partial charge on any atom is 0.375 e. The maximum absolute atomic E-state index is 12.2. The lowest BCUT2D eigenvalue weighted by atomic mass is 10.1. The molecule has 1 amide bonds. The third-order valence-corrected chi connectivity index (χ3v) is 3.89. The summed E-state index contributed by atoms with van der Waals surface area (Å²) in [6.07, 6.45) is 1.42. The molecule has 27 heavy (non-hydrogen) atoms. The van der Waals surface area contributed by atoms with Crippen LogP contribution in [0.1, 0.15) is 16.1 Å².